The number of anilines is 1. The lowest BCUT2D eigenvalue weighted by atomic mass is 10.4. The van der Waals surface area contributed by atoms with Crippen LogP contribution >= 0.6 is 0 Å². The van der Waals surface area contributed by atoms with Gasteiger partial charge in [-0.1, -0.05) is 0 Å². The van der Waals surface area contributed by atoms with Gasteiger partial charge in [-0.25, -0.2) is 4.99 Å². The van der Waals surface area contributed by atoms with Gasteiger partial charge in [0.15, 0.2) is 5.69 Å². The molecule has 5 nitrogen and oxygen atoms in total. The minimum Gasteiger partial charge on any atom is -0.321 e. The van der Waals surface area contributed by atoms with Crippen LogP contribution in [0.3, 0.4) is 0 Å². The summed E-state index contributed by atoms with van der Waals surface area (Å²) in [5.74, 6) is 2.99. The second kappa shape index (κ2) is 4.96. The number of hydrogen-bond donors (Lipinski definition) is 1. The van der Waals surface area contributed by atoms with E-state index in [4.69, 9.17) is 6.42 Å². The Bertz CT molecular complexity index is 433. The first kappa shape index (κ1) is 11.0. The second-order valence-corrected chi connectivity index (χ2v) is 2.77. The molecule has 0 aliphatic rings. The normalized spacial score (nSPS) is 11.7. The maximum Gasteiger partial charge on any atom is 0.221 e. The van der Waals surface area contributed by atoms with Crippen LogP contribution in [0.4, 0.5) is 5.69 Å². The third-order valence-corrected chi connectivity index (χ3v) is 1.68. The van der Waals surface area contributed by atoms with Crippen molar-refractivity contribution in [1.82, 2.24) is 9.78 Å². The SMILES string of the molecule is C#Cc1nn(C)cc1NC(N=CC)=NC. The number of aryl methyl sites for hydroxylation is 1. The first-order valence-corrected chi connectivity index (χ1v) is 4.44. The molecule has 0 bridgehead atoms. The van der Waals surface area contributed by atoms with Crippen LogP contribution in [0.1, 0.15) is 12.6 Å². The van der Waals surface area contributed by atoms with Crippen LogP contribution in [0, 0.1) is 12.3 Å². The molecule has 0 fully saturated rings. The molecule has 0 unspecified atom stereocenters. The lowest BCUT2D eigenvalue weighted by molar-refractivity contribution is 0.764. The number of rotatable bonds is 1. The van der Waals surface area contributed by atoms with Crippen molar-refractivity contribution in [2.75, 3.05) is 12.4 Å². The van der Waals surface area contributed by atoms with Gasteiger partial charge >= 0.3 is 0 Å². The van der Waals surface area contributed by atoms with Crippen molar-refractivity contribution in [3.63, 3.8) is 0 Å². The molecule has 0 aliphatic heterocycles. The van der Waals surface area contributed by atoms with Gasteiger partial charge < -0.3 is 5.32 Å². The van der Waals surface area contributed by atoms with Gasteiger partial charge in [-0.2, -0.15) is 5.10 Å². The molecule has 1 heterocycles. The molecule has 0 radical (unpaired) electrons. The molecule has 1 rings (SSSR count). The molecule has 15 heavy (non-hydrogen) atoms. The molecular weight excluding hydrogens is 190 g/mol. The Morgan fingerprint density at radius 2 is 2.47 bits per heavy atom. The molecule has 0 atom stereocenters. The Morgan fingerprint density at radius 3 is 3.00 bits per heavy atom. The smallest absolute Gasteiger partial charge is 0.221 e. The molecule has 0 saturated carbocycles. The number of guanidine groups is 1. The molecule has 0 aromatic carbocycles. The Hall–Kier alpha value is -2.09. The average Bonchev–Trinajstić information content (AvgIpc) is 2.58. The second-order valence-electron chi connectivity index (χ2n) is 2.77. The summed E-state index contributed by atoms with van der Waals surface area (Å²) in [6.45, 7) is 1.82. The van der Waals surface area contributed by atoms with E-state index in [0.717, 1.165) is 5.69 Å². The molecule has 0 amide bonds. The lowest BCUT2D eigenvalue weighted by Crippen LogP contribution is -2.09. The topological polar surface area (TPSA) is 54.6 Å². The zero-order valence-corrected chi connectivity index (χ0v) is 9.02. The van der Waals surface area contributed by atoms with Crippen LogP contribution in [-0.2, 0) is 7.05 Å². The van der Waals surface area contributed by atoms with E-state index in [0.29, 0.717) is 11.7 Å². The molecule has 1 N–H and O–H groups in total. The van der Waals surface area contributed by atoms with Crippen molar-refractivity contribution in [2.24, 2.45) is 17.0 Å². The standard InChI is InChI=1S/C10H13N5/c1-5-8-9(7-15(4)14-8)13-10(11-3)12-6-2/h1,6-7H,2-4H3,(H,11,13). The van der Waals surface area contributed by atoms with E-state index in [-0.39, 0.29) is 0 Å². The van der Waals surface area contributed by atoms with E-state index in [1.54, 1.807) is 31.2 Å². The van der Waals surface area contributed by atoms with Crippen LogP contribution in [0.2, 0.25) is 0 Å². The van der Waals surface area contributed by atoms with E-state index in [1.165, 1.54) is 0 Å². The summed E-state index contributed by atoms with van der Waals surface area (Å²) in [7, 11) is 3.46. The van der Waals surface area contributed by atoms with Crippen molar-refractivity contribution >= 4 is 17.9 Å². The largest absolute Gasteiger partial charge is 0.321 e. The van der Waals surface area contributed by atoms with Crippen LogP contribution in [0.5, 0.6) is 0 Å². The number of nitrogens with one attached hydrogen (secondary N) is 1. The highest BCUT2D eigenvalue weighted by molar-refractivity contribution is 5.98. The third-order valence-electron chi connectivity index (χ3n) is 1.68. The van der Waals surface area contributed by atoms with Gasteiger partial charge in [0.1, 0.15) is 0 Å². The highest BCUT2D eigenvalue weighted by Gasteiger charge is 2.06. The first-order valence-electron chi connectivity index (χ1n) is 4.44. The highest BCUT2D eigenvalue weighted by atomic mass is 15.3. The van der Waals surface area contributed by atoms with E-state index in [1.807, 2.05) is 6.92 Å². The summed E-state index contributed by atoms with van der Waals surface area (Å²) in [5.41, 5.74) is 1.27. The maximum absolute atomic E-state index is 5.31. The van der Waals surface area contributed by atoms with Crippen LogP contribution < -0.4 is 5.32 Å². The molecule has 0 aliphatic carbocycles. The summed E-state index contributed by atoms with van der Waals surface area (Å²) in [6, 6.07) is 0. The molecular formula is C10H13N5. The minimum atomic E-state index is 0.502. The summed E-state index contributed by atoms with van der Waals surface area (Å²) in [4.78, 5) is 7.99. The number of terminal acetylenes is 1. The van der Waals surface area contributed by atoms with Gasteiger partial charge in [0.05, 0.1) is 5.69 Å². The Morgan fingerprint density at radius 1 is 1.73 bits per heavy atom. The van der Waals surface area contributed by atoms with Crippen molar-refractivity contribution in [3.8, 4) is 12.3 Å². The zero-order chi connectivity index (χ0) is 11.3. The molecule has 1 aromatic rings. The fourth-order valence-corrected chi connectivity index (χ4v) is 1.08. The van der Waals surface area contributed by atoms with E-state index < -0.39 is 0 Å². The summed E-state index contributed by atoms with van der Waals surface area (Å²) < 4.78 is 1.64. The fourth-order valence-electron chi connectivity index (χ4n) is 1.08. The highest BCUT2D eigenvalue weighted by Crippen LogP contribution is 2.11. The summed E-state index contributed by atoms with van der Waals surface area (Å²) >= 11 is 0. The molecule has 1 aromatic heterocycles. The number of aromatic nitrogens is 2. The molecule has 5 heteroatoms. The van der Waals surface area contributed by atoms with Gasteiger partial charge in [-0.15, -0.1) is 6.42 Å². The quantitative estimate of drug-likeness (QED) is 0.418. The van der Waals surface area contributed by atoms with Crippen molar-refractivity contribution < 1.29 is 0 Å². The van der Waals surface area contributed by atoms with E-state index in [9.17, 15) is 0 Å². The zero-order valence-electron chi connectivity index (χ0n) is 9.02. The number of aliphatic imine (C=N–C) groups is 2. The van der Waals surface area contributed by atoms with E-state index in [2.05, 4.69) is 26.3 Å². The first-order chi connectivity index (χ1) is 7.21. The number of nitrogens with zero attached hydrogens (tertiary/aromatic N) is 4. The predicted octanol–water partition coefficient (Wildman–Crippen LogP) is 0.890. The summed E-state index contributed by atoms with van der Waals surface area (Å²) in [6.07, 6.45) is 8.75. The maximum atomic E-state index is 5.31. The molecule has 78 valence electrons. The van der Waals surface area contributed by atoms with Gasteiger partial charge in [-0.05, 0) is 12.8 Å². The summed E-state index contributed by atoms with van der Waals surface area (Å²) in [5, 5.41) is 7.08. The average molecular weight is 203 g/mol. The van der Waals surface area contributed by atoms with Crippen molar-refractivity contribution in [2.45, 2.75) is 6.92 Å². The number of hydrogen-bond acceptors (Lipinski definition) is 2. The van der Waals surface area contributed by atoms with Crippen LogP contribution in [0.25, 0.3) is 0 Å². The third kappa shape index (κ3) is 2.68. The van der Waals surface area contributed by atoms with Gasteiger partial charge in [-0.3, -0.25) is 9.67 Å². The minimum absolute atomic E-state index is 0.502. The van der Waals surface area contributed by atoms with Gasteiger partial charge in [0.25, 0.3) is 0 Å². The molecule has 0 spiro atoms. The lowest BCUT2D eigenvalue weighted by Gasteiger charge is -2.01. The van der Waals surface area contributed by atoms with Crippen molar-refractivity contribution in [3.05, 3.63) is 11.9 Å². The Kier molecular flexibility index (Phi) is 3.63. The van der Waals surface area contributed by atoms with Gasteiger partial charge in [0.2, 0.25) is 5.96 Å². The van der Waals surface area contributed by atoms with Crippen LogP contribution in [0.15, 0.2) is 16.2 Å². The predicted molar refractivity (Wildman–Crippen MR) is 62.3 cm³/mol. The fraction of sp³-hybridized carbons (Fsp3) is 0.300. The van der Waals surface area contributed by atoms with Gasteiger partial charge in [0, 0.05) is 26.5 Å². The Labute approximate surface area is 88.9 Å². The Balaban J connectivity index is 2.94. The van der Waals surface area contributed by atoms with Crippen LogP contribution in [-0.4, -0.2) is 29.0 Å². The van der Waals surface area contributed by atoms with E-state index >= 15 is 0 Å². The van der Waals surface area contributed by atoms with Crippen molar-refractivity contribution in [1.29, 1.82) is 0 Å². The molecule has 0 saturated heterocycles. The monoisotopic (exact) mass is 203 g/mol.